The number of nitrogens with zero attached hydrogens (tertiary/aromatic N) is 2. The summed E-state index contributed by atoms with van der Waals surface area (Å²) in [6, 6.07) is 16.4. The molecule has 5 rings (SSSR count). The molecular weight excluding hydrogens is 376 g/mol. The number of hydrogen-bond donors (Lipinski definition) is 3. The second-order valence-corrected chi connectivity index (χ2v) is 8.11. The van der Waals surface area contributed by atoms with Crippen LogP contribution in [-0.4, -0.2) is 30.8 Å². The Morgan fingerprint density at radius 2 is 0.967 bits per heavy atom. The van der Waals surface area contributed by atoms with Gasteiger partial charge in [-0.3, -0.25) is 5.26 Å². The molecule has 6 nitrogen and oxygen atoms in total. The van der Waals surface area contributed by atoms with E-state index in [9.17, 15) is 0 Å². The van der Waals surface area contributed by atoms with Crippen LogP contribution in [0.4, 0.5) is 0 Å². The molecule has 0 amide bonds. The highest BCUT2D eigenvalue weighted by Gasteiger charge is 2.07. The van der Waals surface area contributed by atoms with Gasteiger partial charge in [0.1, 0.15) is 0 Å². The molecule has 3 aromatic heterocycles. The Kier molecular flexibility index (Phi) is 5.35. The van der Waals surface area contributed by atoms with Crippen molar-refractivity contribution < 1.29 is 10.1 Å². The van der Waals surface area contributed by atoms with Crippen molar-refractivity contribution in [2.24, 2.45) is 0 Å². The fourth-order valence-electron chi connectivity index (χ4n) is 2.94. The van der Waals surface area contributed by atoms with Crippen molar-refractivity contribution in [1.82, 2.24) is 19.9 Å². The third-order valence-electron chi connectivity index (χ3n) is 4.32. The first-order chi connectivity index (χ1) is 14.4. The van der Waals surface area contributed by atoms with E-state index in [1.165, 1.54) is 0 Å². The second-order valence-electron chi connectivity index (χ2n) is 8.11. The highest BCUT2D eigenvalue weighted by atomic mass is 17.1. The average molecular weight is 400 g/mol. The molecule has 0 spiro atoms. The molecule has 8 bridgehead atoms. The number of rotatable bonds is 0. The van der Waals surface area contributed by atoms with Crippen molar-refractivity contribution in [3.63, 3.8) is 0 Å². The minimum Gasteiger partial charge on any atom is -0.355 e. The standard InChI is InChI=1S/C20H14N4.C4H10O2/c1-2-14-10-16-5-6-18(23-16)12-20-8-7-19(24-20)11-17-4-3-15(22-17)9-13(1)21-14;1-4(2,3)6-5/h1-12,21-22H;5H,1-3H3. The predicted octanol–water partition coefficient (Wildman–Crippen LogP) is 5.93. The molecule has 3 N–H and O–H groups in total. The van der Waals surface area contributed by atoms with Crippen molar-refractivity contribution in [3.8, 4) is 0 Å². The molecule has 2 aliphatic heterocycles. The second kappa shape index (κ2) is 8.10. The number of aromatic nitrogens is 4. The third kappa shape index (κ3) is 5.11. The molecule has 152 valence electrons. The molecule has 0 aromatic carbocycles. The number of nitrogens with one attached hydrogen (secondary N) is 2. The molecule has 0 radical (unpaired) electrons. The van der Waals surface area contributed by atoms with E-state index in [0.29, 0.717) is 0 Å². The molecule has 0 saturated heterocycles. The molecule has 0 aliphatic carbocycles. The van der Waals surface area contributed by atoms with Gasteiger partial charge >= 0.3 is 0 Å². The van der Waals surface area contributed by atoms with Crippen LogP contribution >= 0.6 is 0 Å². The van der Waals surface area contributed by atoms with E-state index < -0.39 is 5.60 Å². The number of hydrogen-bond acceptors (Lipinski definition) is 4. The van der Waals surface area contributed by atoms with Crippen LogP contribution in [-0.2, 0) is 4.89 Å². The maximum Gasteiger partial charge on any atom is 0.0949 e. The Bertz CT molecular complexity index is 1180. The van der Waals surface area contributed by atoms with Gasteiger partial charge in [0.25, 0.3) is 0 Å². The molecule has 0 atom stereocenters. The number of aromatic amines is 2. The Balaban J connectivity index is 0.000000322. The lowest BCUT2D eigenvalue weighted by molar-refractivity contribution is -0.306. The van der Waals surface area contributed by atoms with Gasteiger partial charge in [0.15, 0.2) is 0 Å². The van der Waals surface area contributed by atoms with E-state index in [1.54, 1.807) is 20.8 Å². The molecule has 0 unspecified atom stereocenters. The van der Waals surface area contributed by atoms with E-state index in [1.807, 2.05) is 42.5 Å². The number of H-pyrrole nitrogens is 2. The molecule has 6 heteroatoms. The molecule has 2 aliphatic rings. The summed E-state index contributed by atoms with van der Waals surface area (Å²) in [5.41, 5.74) is 7.46. The first-order valence-electron chi connectivity index (χ1n) is 9.73. The molecule has 5 heterocycles. The van der Waals surface area contributed by atoms with E-state index >= 15 is 0 Å². The van der Waals surface area contributed by atoms with Crippen LogP contribution in [0.5, 0.6) is 0 Å². The zero-order valence-corrected chi connectivity index (χ0v) is 17.2. The molecule has 3 aromatic rings. The van der Waals surface area contributed by atoms with Crippen LogP contribution < -0.4 is 0 Å². The Hall–Kier alpha value is -3.48. The third-order valence-corrected chi connectivity index (χ3v) is 4.32. The molecule has 0 fully saturated rings. The minimum atomic E-state index is -0.403. The summed E-state index contributed by atoms with van der Waals surface area (Å²) in [5, 5.41) is 7.90. The quantitative estimate of drug-likeness (QED) is 0.222. The van der Waals surface area contributed by atoms with Crippen LogP contribution in [0, 0.1) is 0 Å². The Morgan fingerprint density at radius 3 is 1.33 bits per heavy atom. The lowest BCUT2D eigenvalue weighted by Gasteiger charge is -2.10. The van der Waals surface area contributed by atoms with Crippen LogP contribution in [0.25, 0.3) is 46.4 Å². The van der Waals surface area contributed by atoms with Crippen molar-refractivity contribution in [3.05, 3.63) is 71.3 Å². The summed E-state index contributed by atoms with van der Waals surface area (Å²) in [7, 11) is 0. The average Bonchev–Trinajstić information content (AvgIpc) is 3.47. The van der Waals surface area contributed by atoms with Crippen LogP contribution in [0.2, 0.25) is 0 Å². The van der Waals surface area contributed by atoms with Gasteiger partial charge in [-0.25, -0.2) is 14.9 Å². The van der Waals surface area contributed by atoms with Gasteiger partial charge in [-0.15, -0.1) is 0 Å². The van der Waals surface area contributed by atoms with E-state index in [0.717, 1.165) is 44.8 Å². The first-order valence-corrected chi connectivity index (χ1v) is 9.73. The summed E-state index contributed by atoms with van der Waals surface area (Å²) in [6.45, 7) is 5.31. The van der Waals surface area contributed by atoms with Gasteiger partial charge in [-0.2, -0.15) is 0 Å². The first kappa shape index (κ1) is 19.8. The maximum absolute atomic E-state index is 7.90. The largest absolute Gasteiger partial charge is 0.355 e. The summed E-state index contributed by atoms with van der Waals surface area (Å²) >= 11 is 0. The van der Waals surface area contributed by atoms with Crippen molar-refractivity contribution in [1.29, 1.82) is 0 Å². The van der Waals surface area contributed by atoms with Crippen LogP contribution in [0.1, 0.15) is 43.5 Å². The van der Waals surface area contributed by atoms with Gasteiger partial charge in [0.2, 0.25) is 0 Å². The van der Waals surface area contributed by atoms with Crippen LogP contribution in [0.15, 0.2) is 48.5 Å². The monoisotopic (exact) mass is 400 g/mol. The summed E-state index contributed by atoms with van der Waals surface area (Å²) in [5.74, 6) is 0. The molecular formula is C24H24N4O2. The smallest absolute Gasteiger partial charge is 0.0949 e. The van der Waals surface area contributed by atoms with Gasteiger partial charge < -0.3 is 9.97 Å². The zero-order valence-electron chi connectivity index (χ0n) is 17.2. The minimum absolute atomic E-state index is 0.403. The van der Waals surface area contributed by atoms with Gasteiger partial charge in [-0.1, -0.05) is 0 Å². The highest BCUT2D eigenvalue weighted by molar-refractivity contribution is 5.77. The zero-order chi connectivity index (χ0) is 21.1. The highest BCUT2D eigenvalue weighted by Crippen LogP contribution is 2.17. The van der Waals surface area contributed by atoms with Gasteiger partial charge in [0, 0.05) is 22.1 Å². The summed E-state index contributed by atoms with van der Waals surface area (Å²) in [4.78, 5) is 20.0. The van der Waals surface area contributed by atoms with Crippen molar-refractivity contribution >= 4 is 46.4 Å². The fourth-order valence-corrected chi connectivity index (χ4v) is 2.94. The topological polar surface area (TPSA) is 86.8 Å². The number of fused-ring (bicyclic) bond motifs is 8. The summed E-state index contributed by atoms with van der Waals surface area (Å²) in [6.07, 6.45) is 8.05. The molecule has 30 heavy (non-hydrogen) atoms. The van der Waals surface area contributed by atoms with Crippen molar-refractivity contribution in [2.45, 2.75) is 26.4 Å². The van der Waals surface area contributed by atoms with E-state index in [-0.39, 0.29) is 0 Å². The molecule has 0 saturated carbocycles. The SMILES string of the molecule is C1=Cc2cc3ccc(cc4ccc(cc5nc(cc1n2)C=C5)[nH]4)[nH]3.CC(C)(C)OO. The van der Waals surface area contributed by atoms with Gasteiger partial charge in [0.05, 0.1) is 28.4 Å². The predicted molar refractivity (Wildman–Crippen MR) is 122 cm³/mol. The van der Waals surface area contributed by atoms with Gasteiger partial charge in [-0.05, 0) is 93.6 Å². The Morgan fingerprint density at radius 1 is 0.633 bits per heavy atom. The Labute approximate surface area is 174 Å². The van der Waals surface area contributed by atoms with E-state index in [2.05, 4.69) is 55.2 Å². The van der Waals surface area contributed by atoms with E-state index in [4.69, 9.17) is 5.26 Å². The van der Waals surface area contributed by atoms with Crippen LogP contribution in [0.3, 0.4) is 0 Å². The van der Waals surface area contributed by atoms with Crippen molar-refractivity contribution in [2.75, 3.05) is 0 Å². The lowest BCUT2D eigenvalue weighted by atomic mass is 10.2. The maximum atomic E-state index is 7.90. The lowest BCUT2D eigenvalue weighted by Crippen LogP contribution is -2.15. The normalized spacial score (nSPS) is 12.5. The summed E-state index contributed by atoms with van der Waals surface area (Å²) < 4.78 is 0. The fraction of sp³-hybridized carbons (Fsp3) is 0.167.